The van der Waals surface area contributed by atoms with Crippen molar-refractivity contribution in [3.05, 3.63) is 58.9 Å². The third kappa shape index (κ3) is 3.87. The molecule has 0 bridgehead atoms. The zero-order chi connectivity index (χ0) is 17.2. The summed E-state index contributed by atoms with van der Waals surface area (Å²) >= 11 is 5.76. The smallest absolute Gasteiger partial charge is 0.255 e. The van der Waals surface area contributed by atoms with Gasteiger partial charge in [0.2, 0.25) is 10.0 Å². The number of nitrogens with one attached hydrogen (secondary N) is 1. The molecule has 0 fully saturated rings. The molecule has 0 aliphatic rings. The van der Waals surface area contributed by atoms with Gasteiger partial charge in [0, 0.05) is 24.7 Å². The Balaban J connectivity index is 2.23. The van der Waals surface area contributed by atoms with Crippen molar-refractivity contribution in [2.75, 3.05) is 19.4 Å². The van der Waals surface area contributed by atoms with Crippen molar-refractivity contribution in [2.45, 2.75) is 4.90 Å². The largest absolute Gasteiger partial charge is 0.319 e. The van der Waals surface area contributed by atoms with E-state index in [1.165, 1.54) is 50.5 Å². The molecule has 0 saturated heterocycles. The number of carbonyl (C=O) groups is 1. The van der Waals surface area contributed by atoms with Gasteiger partial charge in [-0.2, -0.15) is 0 Å². The molecule has 2 aromatic rings. The lowest BCUT2D eigenvalue weighted by atomic mass is 10.2. The van der Waals surface area contributed by atoms with E-state index in [1.807, 2.05) is 0 Å². The van der Waals surface area contributed by atoms with E-state index in [0.717, 1.165) is 10.4 Å². The van der Waals surface area contributed by atoms with Gasteiger partial charge in [-0.25, -0.2) is 17.1 Å². The SMILES string of the molecule is CN(C)S(=O)(=O)c1ccc(C(=O)Nc2cc(Cl)ccc2F)cc1. The molecule has 0 heterocycles. The van der Waals surface area contributed by atoms with E-state index < -0.39 is 21.7 Å². The zero-order valence-corrected chi connectivity index (χ0v) is 14.0. The van der Waals surface area contributed by atoms with Gasteiger partial charge in [0.15, 0.2) is 0 Å². The van der Waals surface area contributed by atoms with E-state index >= 15 is 0 Å². The van der Waals surface area contributed by atoms with Crippen LogP contribution in [0, 0.1) is 5.82 Å². The first-order valence-corrected chi connectivity index (χ1v) is 8.32. The summed E-state index contributed by atoms with van der Waals surface area (Å²) in [5.41, 5.74) is 0.148. The topological polar surface area (TPSA) is 66.5 Å². The molecule has 0 unspecified atom stereocenters. The van der Waals surface area contributed by atoms with E-state index in [9.17, 15) is 17.6 Å². The molecule has 1 amide bonds. The maximum absolute atomic E-state index is 13.6. The van der Waals surface area contributed by atoms with Gasteiger partial charge in [-0.1, -0.05) is 11.6 Å². The summed E-state index contributed by atoms with van der Waals surface area (Å²) in [6, 6.07) is 9.15. The van der Waals surface area contributed by atoms with Crippen molar-refractivity contribution >= 4 is 33.2 Å². The number of rotatable bonds is 4. The maximum Gasteiger partial charge on any atom is 0.255 e. The summed E-state index contributed by atoms with van der Waals surface area (Å²) in [7, 11) is -0.737. The minimum atomic E-state index is -3.57. The highest BCUT2D eigenvalue weighted by Gasteiger charge is 2.17. The van der Waals surface area contributed by atoms with Crippen molar-refractivity contribution in [3.8, 4) is 0 Å². The van der Waals surface area contributed by atoms with Crippen LogP contribution in [0.2, 0.25) is 5.02 Å². The molecule has 0 aromatic heterocycles. The average molecular weight is 357 g/mol. The quantitative estimate of drug-likeness (QED) is 0.915. The average Bonchev–Trinajstić information content (AvgIpc) is 2.50. The molecular weight excluding hydrogens is 343 g/mol. The van der Waals surface area contributed by atoms with Gasteiger partial charge in [-0.3, -0.25) is 4.79 Å². The second-order valence-corrected chi connectivity index (χ2v) is 7.48. The fraction of sp³-hybridized carbons (Fsp3) is 0.133. The Hall–Kier alpha value is -1.96. The van der Waals surface area contributed by atoms with Gasteiger partial charge in [0.1, 0.15) is 5.82 Å². The van der Waals surface area contributed by atoms with E-state index in [0.29, 0.717) is 0 Å². The van der Waals surface area contributed by atoms with E-state index in [4.69, 9.17) is 11.6 Å². The highest BCUT2D eigenvalue weighted by atomic mass is 35.5. The summed E-state index contributed by atoms with van der Waals surface area (Å²) in [6.45, 7) is 0. The van der Waals surface area contributed by atoms with Gasteiger partial charge in [0.05, 0.1) is 10.6 Å². The first-order valence-electron chi connectivity index (χ1n) is 6.51. The predicted molar refractivity (Wildman–Crippen MR) is 86.7 cm³/mol. The Labute approximate surface area is 138 Å². The number of amides is 1. The van der Waals surface area contributed by atoms with Crippen LogP contribution in [0.1, 0.15) is 10.4 Å². The van der Waals surface area contributed by atoms with Crippen LogP contribution in [0.4, 0.5) is 10.1 Å². The van der Waals surface area contributed by atoms with Crippen LogP contribution >= 0.6 is 11.6 Å². The van der Waals surface area contributed by atoms with Crippen LogP contribution in [0.3, 0.4) is 0 Å². The lowest BCUT2D eigenvalue weighted by Gasteiger charge is -2.12. The number of benzene rings is 2. The molecule has 8 heteroatoms. The summed E-state index contributed by atoms with van der Waals surface area (Å²) < 4.78 is 38.6. The van der Waals surface area contributed by atoms with E-state index in [-0.39, 0.29) is 21.2 Å². The molecular formula is C15H14ClFN2O3S. The second-order valence-electron chi connectivity index (χ2n) is 4.89. The lowest BCUT2D eigenvalue weighted by Crippen LogP contribution is -2.22. The molecule has 0 aliphatic heterocycles. The summed E-state index contributed by atoms with van der Waals surface area (Å²) in [5, 5.41) is 2.68. The molecule has 0 atom stereocenters. The Bertz CT molecular complexity index is 836. The Kier molecular flexibility index (Phi) is 5.03. The van der Waals surface area contributed by atoms with Crippen LogP contribution in [-0.2, 0) is 10.0 Å². The molecule has 0 saturated carbocycles. The molecule has 23 heavy (non-hydrogen) atoms. The number of nitrogens with zero attached hydrogens (tertiary/aromatic N) is 1. The summed E-state index contributed by atoms with van der Waals surface area (Å²) in [5.74, 6) is -1.19. The molecule has 2 rings (SSSR count). The van der Waals surface area contributed by atoms with Crippen molar-refractivity contribution in [1.29, 1.82) is 0 Å². The molecule has 5 nitrogen and oxygen atoms in total. The van der Waals surface area contributed by atoms with Gasteiger partial charge in [-0.05, 0) is 42.5 Å². The number of halogens is 2. The second kappa shape index (κ2) is 6.66. The monoisotopic (exact) mass is 356 g/mol. The molecule has 2 aromatic carbocycles. The van der Waals surface area contributed by atoms with Crippen LogP contribution in [-0.4, -0.2) is 32.7 Å². The van der Waals surface area contributed by atoms with Crippen molar-refractivity contribution in [1.82, 2.24) is 4.31 Å². The molecule has 0 spiro atoms. The number of sulfonamides is 1. The number of hydrogen-bond acceptors (Lipinski definition) is 3. The molecule has 122 valence electrons. The fourth-order valence-corrected chi connectivity index (χ4v) is 2.85. The van der Waals surface area contributed by atoms with Crippen molar-refractivity contribution in [2.24, 2.45) is 0 Å². The predicted octanol–water partition coefficient (Wildman–Crippen LogP) is 2.98. The fourth-order valence-electron chi connectivity index (χ4n) is 1.78. The van der Waals surface area contributed by atoms with Gasteiger partial charge < -0.3 is 5.32 Å². The van der Waals surface area contributed by atoms with Crippen molar-refractivity contribution < 1.29 is 17.6 Å². The molecule has 1 N–H and O–H groups in total. The Morgan fingerprint density at radius 3 is 2.30 bits per heavy atom. The minimum absolute atomic E-state index is 0.0486. The van der Waals surface area contributed by atoms with E-state index in [2.05, 4.69) is 5.32 Å². The maximum atomic E-state index is 13.6. The van der Waals surface area contributed by atoms with Gasteiger partial charge in [-0.15, -0.1) is 0 Å². The first kappa shape index (κ1) is 17.4. The van der Waals surface area contributed by atoms with Crippen molar-refractivity contribution in [3.63, 3.8) is 0 Å². The molecule has 0 aliphatic carbocycles. The minimum Gasteiger partial charge on any atom is -0.319 e. The van der Waals surface area contributed by atoms with Crippen LogP contribution in [0.15, 0.2) is 47.4 Å². The van der Waals surface area contributed by atoms with Gasteiger partial charge in [0.25, 0.3) is 5.91 Å². The van der Waals surface area contributed by atoms with Crippen LogP contribution in [0.5, 0.6) is 0 Å². The lowest BCUT2D eigenvalue weighted by molar-refractivity contribution is 0.102. The number of carbonyl (C=O) groups excluding carboxylic acids is 1. The highest BCUT2D eigenvalue weighted by Crippen LogP contribution is 2.21. The Morgan fingerprint density at radius 2 is 1.74 bits per heavy atom. The van der Waals surface area contributed by atoms with Gasteiger partial charge >= 0.3 is 0 Å². The number of hydrogen-bond donors (Lipinski definition) is 1. The van der Waals surface area contributed by atoms with Crippen LogP contribution in [0.25, 0.3) is 0 Å². The normalized spacial score (nSPS) is 11.5. The zero-order valence-electron chi connectivity index (χ0n) is 12.4. The van der Waals surface area contributed by atoms with E-state index in [1.54, 1.807) is 0 Å². The third-order valence-corrected chi connectivity index (χ3v) is 5.14. The molecule has 0 radical (unpaired) electrons. The van der Waals surface area contributed by atoms with Crippen LogP contribution < -0.4 is 5.32 Å². The number of anilines is 1. The summed E-state index contributed by atoms with van der Waals surface area (Å²) in [4.78, 5) is 12.2. The highest BCUT2D eigenvalue weighted by molar-refractivity contribution is 7.89. The third-order valence-electron chi connectivity index (χ3n) is 3.07. The summed E-state index contributed by atoms with van der Waals surface area (Å²) in [6.07, 6.45) is 0. The standard InChI is InChI=1S/C15H14ClFN2O3S/c1-19(2)23(21,22)12-6-3-10(4-7-12)15(20)18-14-9-11(16)5-8-13(14)17/h3-9H,1-2H3,(H,18,20). The first-order chi connectivity index (χ1) is 10.7. The Morgan fingerprint density at radius 1 is 1.13 bits per heavy atom.